The second-order valence-electron chi connectivity index (χ2n) is 7.12. The number of nitrogens with one attached hydrogen (secondary N) is 3. The van der Waals surface area contributed by atoms with Gasteiger partial charge in [-0.05, 0) is 35.9 Å². The van der Waals surface area contributed by atoms with E-state index in [1.54, 1.807) is 0 Å². The average molecular weight is 515 g/mol. The molecule has 0 saturated carbocycles. The van der Waals surface area contributed by atoms with Crippen molar-refractivity contribution in [3.05, 3.63) is 58.5 Å². The van der Waals surface area contributed by atoms with Gasteiger partial charge in [-0.15, -0.1) is 6.42 Å². The van der Waals surface area contributed by atoms with Crippen LogP contribution in [0.15, 0.2) is 30.3 Å². The summed E-state index contributed by atoms with van der Waals surface area (Å²) in [5.41, 5.74) is -1.05. The first-order chi connectivity index (χ1) is 16.3. The van der Waals surface area contributed by atoms with E-state index in [1.165, 1.54) is 19.3 Å². The highest BCUT2D eigenvalue weighted by Crippen LogP contribution is 2.30. The number of methoxy groups -OCH3 is 1. The van der Waals surface area contributed by atoms with E-state index in [1.807, 2.05) is 4.72 Å². The van der Waals surface area contributed by atoms with Crippen LogP contribution in [0.2, 0.25) is 0 Å². The first kappa shape index (κ1) is 27.6. The molecule has 0 unspecified atom stereocenters. The number of sulfonamides is 1. The standard InChI is InChI=1S/C22H22F4N4O4S/c1-4-15-11-14(12-17(23)20(15)30-35(3,32)33)13-28-19(31)8-6-16-5-7-18(22(24,25)26)29-21(16)27-9-10-34-2/h1,5-8,11-12,30H,9-10,13H2,2-3H3,(H,27,29)(H,28,31)/b8-6+. The van der Waals surface area contributed by atoms with Crippen molar-refractivity contribution < 1.29 is 35.5 Å². The van der Waals surface area contributed by atoms with Crippen molar-refractivity contribution in [2.24, 2.45) is 0 Å². The molecule has 13 heteroatoms. The van der Waals surface area contributed by atoms with Crippen LogP contribution in [0.1, 0.15) is 22.4 Å². The second-order valence-corrected chi connectivity index (χ2v) is 8.87. The van der Waals surface area contributed by atoms with Gasteiger partial charge in [-0.25, -0.2) is 17.8 Å². The molecule has 0 fully saturated rings. The van der Waals surface area contributed by atoms with E-state index in [4.69, 9.17) is 11.2 Å². The van der Waals surface area contributed by atoms with E-state index in [0.717, 1.165) is 30.5 Å². The largest absolute Gasteiger partial charge is 0.433 e. The average Bonchev–Trinajstić information content (AvgIpc) is 2.76. The molecule has 2 rings (SSSR count). The Balaban J connectivity index is 2.15. The van der Waals surface area contributed by atoms with Crippen molar-refractivity contribution in [2.75, 3.05) is 36.6 Å². The van der Waals surface area contributed by atoms with E-state index in [0.29, 0.717) is 0 Å². The number of carbonyl (C=O) groups excluding carboxylic acids is 1. The summed E-state index contributed by atoms with van der Waals surface area (Å²) in [5, 5.41) is 5.20. The third kappa shape index (κ3) is 8.58. The minimum absolute atomic E-state index is 0.0576. The molecule has 0 aliphatic heterocycles. The SMILES string of the molecule is C#Cc1cc(CNC(=O)/C=C/c2ccc(C(F)(F)F)nc2NCCOC)cc(F)c1NS(C)(=O)=O. The fourth-order valence-corrected chi connectivity index (χ4v) is 3.34. The number of terminal acetylenes is 1. The Labute approximate surface area is 199 Å². The maximum Gasteiger partial charge on any atom is 0.433 e. The number of amides is 1. The number of carbonyl (C=O) groups is 1. The van der Waals surface area contributed by atoms with Crippen LogP contribution in [-0.4, -0.2) is 45.8 Å². The summed E-state index contributed by atoms with van der Waals surface area (Å²) in [6.45, 7) is 0.250. The predicted molar refractivity (Wildman–Crippen MR) is 123 cm³/mol. The number of alkyl halides is 3. The van der Waals surface area contributed by atoms with Gasteiger partial charge in [0.2, 0.25) is 15.9 Å². The maximum atomic E-state index is 14.4. The van der Waals surface area contributed by atoms with Crippen molar-refractivity contribution in [3.8, 4) is 12.3 Å². The van der Waals surface area contributed by atoms with Crippen molar-refractivity contribution in [2.45, 2.75) is 12.7 Å². The molecule has 1 aromatic heterocycles. The summed E-state index contributed by atoms with van der Waals surface area (Å²) in [6.07, 6.45) is 3.87. The number of rotatable bonds is 10. The Morgan fingerprint density at radius 2 is 2.00 bits per heavy atom. The van der Waals surface area contributed by atoms with E-state index in [2.05, 4.69) is 21.5 Å². The van der Waals surface area contributed by atoms with Gasteiger partial charge in [-0.2, -0.15) is 13.2 Å². The highest BCUT2D eigenvalue weighted by molar-refractivity contribution is 7.92. The number of aromatic nitrogens is 1. The summed E-state index contributed by atoms with van der Waals surface area (Å²) in [6, 6.07) is 4.29. The first-order valence-corrected chi connectivity index (χ1v) is 11.8. The molecule has 0 saturated heterocycles. The van der Waals surface area contributed by atoms with Gasteiger partial charge in [0.15, 0.2) is 0 Å². The summed E-state index contributed by atoms with van der Waals surface area (Å²) in [4.78, 5) is 15.8. The lowest BCUT2D eigenvalue weighted by Gasteiger charge is -2.12. The lowest BCUT2D eigenvalue weighted by atomic mass is 10.1. The molecule has 0 radical (unpaired) electrons. The highest BCUT2D eigenvalue weighted by Gasteiger charge is 2.33. The number of anilines is 2. The summed E-state index contributed by atoms with van der Waals surface area (Å²) in [7, 11) is -2.34. The maximum absolute atomic E-state index is 14.4. The van der Waals surface area contributed by atoms with Crippen LogP contribution in [0.5, 0.6) is 0 Å². The zero-order valence-electron chi connectivity index (χ0n) is 18.7. The molecule has 0 bridgehead atoms. The summed E-state index contributed by atoms with van der Waals surface area (Å²) < 4.78 is 83.0. The Hall–Kier alpha value is -3.63. The fraction of sp³-hybridized carbons (Fsp3) is 0.273. The van der Waals surface area contributed by atoms with Crippen LogP contribution < -0.4 is 15.4 Å². The number of nitrogens with zero attached hydrogens (tertiary/aromatic N) is 1. The third-order valence-corrected chi connectivity index (χ3v) is 4.86. The molecule has 0 spiro atoms. The van der Waals surface area contributed by atoms with Crippen LogP contribution in [-0.2, 0) is 32.3 Å². The molecule has 1 amide bonds. The Morgan fingerprint density at radius 1 is 1.29 bits per heavy atom. The van der Waals surface area contributed by atoms with Crippen molar-refractivity contribution >= 4 is 33.5 Å². The minimum atomic E-state index is -4.64. The molecule has 2 aromatic rings. The van der Waals surface area contributed by atoms with Crippen LogP contribution in [0, 0.1) is 18.2 Å². The molecule has 35 heavy (non-hydrogen) atoms. The van der Waals surface area contributed by atoms with Crippen molar-refractivity contribution in [1.82, 2.24) is 10.3 Å². The zero-order valence-corrected chi connectivity index (χ0v) is 19.5. The quantitative estimate of drug-likeness (QED) is 0.195. The molecular weight excluding hydrogens is 492 g/mol. The molecule has 1 aromatic carbocycles. The number of hydrogen-bond acceptors (Lipinski definition) is 6. The van der Waals surface area contributed by atoms with Gasteiger partial charge in [0.25, 0.3) is 0 Å². The topological polar surface area (TPSA) is 109 Å². The molecule has 1 heterocycles. The monoisotopic (exact) mass is 514 g/mol. The molecule has 0 aliphatic carbocycles. The highest BCUT2D eigenvalue weighted by atomic mass is 32.2. The predicted octanol–water partition coefficient (Wildman–Crippen LogP) is 2.98. The fourth-order valence-electron chi connectivity index (χ4n) is 2.76. The lowest BCUT2D eigenvalue weighted by Crippen LogP contribution is -2.21. The number of ether oxygens (including phenoxy) is 1. The van der Waals surface area contributed by atoms with Crippen LogP contribution >= 0.6 is 0 Å². The third-order valence-electron chi connectivity index (χ3n) is 4.29. The molecule has 8 nitrogen and oxygen atoms in total. The first-order valence-electron chi connectivity index (χ1n) is 9.88. The van der Waals surface area contributed by atoms with Gasteiger partial charge in [0.05, 0.1) is 24.1 Å². The van der Waals surface area contributed by atoms with Gasteiger partial charge in [0.1, 0.15) is 17.3 Å². The van der Waals surface area contributed by atoms with E-state index < -0.39 is 33.6 Å². The minimum Gasteiger partial charge on any atom is -0.383 e. The van der Waals surface area contributed by atoms with Crippen molar-refractivity contribution in [3.63, 3.8) is 0 Å². The Morgan fingerprint density at radius 3 is 2.60 bits per heavy atom. The molecule has 0 atom stereocenters. The zero-order chi connectivity index (χ0) is 26.2. The smallest absolute Gasteiger partial charge is 0.383 e. The van der Waals surface area contributed by atoms with E-state index in [9.17, 15) is 30.8 Å². The summed E-state index contributed by atoms with van der Waals surface area (Å²) >= 11 is 0. The number of halogens is 4. The summed E-state index contributed by atoms with van der Waals surface area (Å²) in [5.74, 6) is 0.538. The van der Waals surface area contributed by atoms with E-state index >= 15 is 0 Å². The lowest BCUT2D eigenvalue weighted by molar-refractivity contribution is -0.141. The van der Waals surface area contributed by atoms with Crippen LogP contribution in [0.25, 0.3) is 6.08 Å². The number of benzene rings is 1. The Bertz CT molecular complexity index is 1260. The van der Waals surface area contributed by atoms with Gasteiger partial charge in [0, 0.05) is 31.8 Å². The van der Waals surface area contributed by atoms with Gasteiger partial charge in [-0.1, -0.05) is 5.92 Å². The van der Waals surface area contributed by atoms with Crippen LogP contribution in [0.4, 0.5) is 29.1 Å². The van der Waals surface area contributed by atoms with Gasteiger partial charge >= 0.3 is 6.18 Å². The number of pyridine rings is 1. The number of hydrogen-bond donors (Lipinski definition) is 3. The van der Waals surface area contributed by atoms with Gasteiger partial charge < -0.3 is 15.4 Å². The molecule has 0 aliphatic rings. The van der Waals surface area contributed by atoms with Crippen molar-refractivity contribution in [1.29, 1.82) is 0 Å². The molecular formula is C22H22F4N4O4S. The second kappa shape index (κ2) is 11.7. The van der Waals surface area contributed by atoms with Crippen LogP contribution in [0.3, 0.4) is 0 Å². The molecule has 188 valence electrons. The molecule has 3 N–H and O–H groups in total. The normalized spacial score (nSPS) is 11.8. The van der Waals surface area contributed by atoms with E-state index in [-0.39, 0.29) is 47.9 Å². The Kier molecular flexibility index (Phi) is 9.21. The van der Waals surface area contributed by atoms with Gasteiger partial charge in [-0.3, -0.25) is 9.52 Å².